The fourth-order valence-electron chi connectivity index (χ4n) is 1.82. The molecule has 1 amide bonds. The lowest BCUT2D eigenvalue weighted by atomic mass is 10.2. The Morgan fingerprint density at radius 1 is 1.50 bits per heavy atom. The summed E-state index contributed by atoms with van der Waals surface area (Å²) in [5.41, 5.74) is 6.20. The molecule has 0 fully saturated rings. The Morgan fingerprint density at radius 3 is 2.95 bits per heavy atom. The molecule has 2 aromatic rings. The first-order valence-electron chi connectivity index (χ1n) is 6.78. The van der Waals surface area contributed by atoms with Crippen LogP contribution >= 0.6 is 11.6 Å². The second-order valence-electron chi connectivity index (χ2n) is 5.04. The van der Waals surface area contributed by atoms with Crippen LogP contribution in [0.4, 0.5) is 0 Å². The number of amides is 1. The van der Waals surface area contributed by atoms with Gasteiger partial charge < -0.3 is 15.0 Å². The van der Waals surface area contributed by atoms with Crippen LogP contribution in [0.2, 0.25) is 5.02 Å². The molecule has 0 radical (unpaired) electrons. The second kappa shape index (κ2) is 7.29. The minimum absolute atomic E-state index is 0.347. The summed E-state index contributed by atoms with van der Waals surface area (Å²) in [6, 6.07) is 8.69. The smallest absolute Gasteiger partial charge is 0.254 e. The first-order valence-corrected chi connectivity index (χ1v) is 7.16. The number of nitrogens with zero attached hydrogens (tertiary/aromatic N) is 2. The van der Waals surface area contributed by atoms with Crippen molar-refractivity contribution in [2.75, 3.05) is 7.05 Å². The van der Waals surface area contributed by atoms with Gasteiger partial charge in [-0.05, 0) is 36.8 Å². The molecule has 1 aromatic heterocycles. The van der Waals surface area contributed by atoms with Crippen molar-refractivity contribution in [3.05, 3.63) is 46.7 Å². The number of hydrogen-bond donors (Lipinski definition) is 1. The normalized spacial score (nSPS) is 12.4. The summed E-state index contributed by atoms with van der Waals surface area (Å²) in [6.45, 7) is 2.49. The largest absolute Gasteiger partial charge is 0.471 e. The highest BCUT2D eigenvalue weighted by Gasteiger charge is 2.17. The maximum atomic E-state index is 11.1. The van der Waals surface area contributed by atoms with E-state index in [1.807, 2.05) is 18.2 Å². The lowest BCUT2D eigenvalue weighted by Gasteiger charge is -2.19. The highest BCUT2D eigenvalue weighted by Crippen LogP contribution is 2.17. The van der Waals surface area contributed by atoms with Crippen LogP contribution < -0.4 is 10.5 Å². The number of ether oxygens (including phenoxy) is 1. The Bertz CT molecular complexity index is 644. The quantitative estimate of drug-likeness (QED) is 0.844. The predicted molar refractivity (Wildman–Crippen MR) is 82.4 cm³/mol. The van der Waals surface area contributed by atoms with E-state index in [-0.39, 0.29) is 11.9 Å². The van der Waals surface area contributed by atoms with E-state index in [0.29, 0.717) is 29.8 Å². The van der Waals surface area contributed by atoms with E-state index >= 15 is 0 Å². The molecule has 1 atom stereocenters. The Balaban J connectivity index is 1.90. The van der Waals surface area contributed by atoms with Gasteiger partial charge in [-0.1, -0.05) is 23.7 Å². The number of halogens is 1. The molecular weight excluding hydrogens is 306 g/mol. The molecule has 0 aliphatic rings. The molecule has 7 heteroatoms. The zero-order chi connectivity index (χ0) is 16.1. The van der Waals surface area contributed by atoms with Crippen molar-refractivity contribution in [1.29, 1.82) is 0 Å². The van der Waals surface area contributed by atoms with Crippen LogP contribution in [-0.4, -0.2) is 29.1 Å². The van der Waals surface area contributed by atoms with Crippen molar-refractivity contribution in [2.24, 2.45) is 5.73 Å². The van der Waals surface area contributed by atoms with E-state index in [2.05, 4.69) is 5.16 Å². The number of hydrogen-bond acceptors (Lipinski definition) is 5. The Labute approximate surface area is 133 Å². The SMILES string of the molecule is CC(C(N)=O)N(C)Cc1cc(OCc2cccc(Cl)c2)no1. The maximum Gasteiger partial charge on any atom is 0.254 e. The number of benzene rings is 1. The van der Waals surface area contributed by atoms with Crippen molar-refractivity contribution in [2.45, 2.75) is 26.1 Å². The number of primary amides is 1. The third kappa shape index (κ3) is 4.47. The second-order valence-corrected chi connectivity index (χ2v) is 5.48. The molecule has 2 rings (SSSR count). The minimum atomic E-state index is -0.389. The van der Waals surface area contributed by atoms with E-state index in [9.17, 15) is 4.79 Å². The van der Waals surface area contributed by atoms with Gasteiger partial charge in [0.2, 0.25) is 5.91 Å². The summed E-state index contributed by atoms with van der Waals surface area (Å²) >= 11 is 5.91. The zero-order valence-electron chi connectivity index (χ0n) is 12.5. The van der Waals surface area contributed by atoms with Crippen LogP contribution in [0, 0.1) is 0 Å². The van der Waals surface area contributed by atoms with E-state index in [1.54, 1.807) is 31.0 Å². The van der Waals surface area contributed by atoms with Crippen LogP contribution in [0.25, 0.3) is 0 Å². The zero-order valence-corrected chi connectivity index (χ0v) is 13.2. The third-order valence-corrected chi connectivity index (χ3v) is 3.53. The van der Waals surface area contributed by atoms with Gasteiger partial charge in [-0.15, -0.1) is 0 Å². The summed E-state index contributed by atoms with van der Waals surface area (Å²) in [7, 11) is 1.78. The molecule has 0 aliphatic heterocycles. The summed E-state index contributed by atoms with van der Waals surface area (Å²) in [5.74, 6) is 0.589. The molecular formula is C15H18ClN3O3. The Kier molecular flexibility index (Phi) is 5.41. The molecule has 22 heavy (non-hydrogen) atoms. The molecule has 0 aliphatic carbocycles. The average molecular weight is 324 g/mol. The molecule has 0 spiro atoms. The fourth-order valence-corrected chi connectivity index (χ4v) is 2.03. The number of likely N-dealkylation sites (N-methyl/N-ethyl adjacent to an activating group) is 1. The number of carbonyl (C=O) groups excluding carboxylic acids is 1. The fraction of sp³-hybridized carbons (Fsp3) is 0.333. The van der Waals surface area contributed by atoms with E-state index in [1.165, 1.54) is 0 Å². The summed E-state index contributed by atoms with van der Waals surface area (Å²) in [5, 5.41) is 4.49. The number of aromatic nitrogens is 1. The topological polar surface area (TPSA) is 81.6 Å². The number of nitrogens with two attached hydrogens (primary N) is 1. The number of carbonyl (C=O) groups is 1. The van der Waals surface area contributed by atoms with Crippen molar-refractivity contribution in [3.8, 4) is 5.88 Å². The third-order valence-electron chi connectivity index (χ3n) is 3.29. The van der Waals surface area contributed by atoms with Crippen molar-refractivity contribution in [3.63, 3.8) is 0 Å². The van der Waals surface area contributed by atoms with E-state index < -0.39 is 0 Å². The van der Waals surface area contributed by atoms with Gasteiger partial charge in [-0.2, -0.15) is 0 Å². The standard InChI is InChI=1S/C15H18ClN3O3/c1-10(15(17)20)19(2)8-13-7-14(18-22-13)21-9-11-4-3-5-12(16)6-11/h3-7,10H,8-9H2,1-2H3,(H2,17,20). The van der Waals surface area contributed by atoms with Crippen LogP contribution in [0.5, 0.6) is 5.88 Å². The molecule has 0 saturated heterocycles. The lowest BCUT2D eigenvalue weighted by Crippen LogP contribution is -2.39. The average Bonchev–Trinajstić information content (AvgIpc) is 2.91. The maximum absolute atomic E-state index is 11.1. The van der Waals surface area contributed by atoms with Crippen molar-refractivity contribution >= 4 is 17.5 Å². The summed E-state index contributed by atoms with van der Waals surface area (Å²) < 4.78 is 10.7. The first kappa shape index (κ1) is 16.3. The lowest BCUT2D eigenvalue weighted by molar-refractivity contribution is -0.122. The van der Waals surface area contributed by atoms with Gasteiger partial charge >= 0.3 is 0 Å². The van der Waals surface area contributed by atoms with Crippen molar-refractivity contribution in [1.82, 2.24) is 10.1 Å². The highest BCUT2D eigenvalue weighted by atomic mass is 35.5. The number of rotatable bonds is 7. The van der Waals surface area contributed by atoms with Gasteiger partial charge in [0.1, 0.15) is 6.61 Å². The van der Waals surface area contributed by atoms with Gasteiger partial charge in [0.25, 0.3) is 5.88 Å². The van der Waals surface area contributed by atoms with E-state index in [4.69, 9.17) is 26.6 Å². The molecule has 6 nitrogen and oxygen atoms in total. The molecule has 2 N–H and O–H groups in total. The molecule has 1 unspecified atom stereocenters. The van der Waals surface area contributed by atoms with Gasteiger partial charge in [-0.3, -0.25) is 9.69 Å². The molecule has 1 aromatic carbocycles. The Morgan fingerprint density at radius 2 is 2.27 bits per heavy atom. The van der Waals surface area contributed by atoms with Crippen molar-refractivity contribution < 1.29 is 14.1 Å². The van der Waals surface area contributed by atoms with Crippen LogP contribution in [0.1, 0.15) is 18.2 Å². The highest BCUT2D eigenvalue weighted by molar-refractivity contribution is 6.30. The minimum Gasteiger partial charge on any atom is -0.471 e. The van der Waals surface area contributed by atoms with Gasteiger partial charge in [0.15, 0.2) is 5.76 Å². The first-order chi connectivity index (χ1) is 10.5. The van der Waals surface area contributed by atoms with Gasteiger partial charge in [-0.25, -0.2) is 0 Å². The molecule has 0 bridgehead atoms. The van der Waals surface area contributed by atoms with Gasteiger partial charge in [0.05, 0.1) is 12.6 Å². The van der Waals surface area contributed by atoms with E-state index in [0.717, 1.165) is 5.56 Å². The van der Waals surface area contributed by atoms with Crippen LogP contribution in [0.3, 0.4) is 0 Å². The van der Waals surface area contributed by atoms with Gasteiger partial charge in [0, 0.05) is 11.1 Å². The molecule has 0 saturated carbocycles. The molecule has 118 valence electrons. The van der Waals surface area contributed by atoms with Crippen LogP contribution in [0.15, 0.2) is 34.9 Å². The molecule has 1 heterocycles. The predicted octanol–water partition coefficient (Wildman–Crippen LogP) is 2.21. The summed E-state index contributed by atoms with van der Waals surface area (Å²) in [6.07, 6.45) is 0. The monoisotopic (exact) mass is 323 g/mol. The summed E-state index contributed by atoms with van der Waals surface area (Å²) in [4.78, 5) is 12.9. The van der Waals surface area contributed by atoms with Crippen LogP contribution in [-0.2, 0) is 17.9 Å². The Hall–Kier alpha value is -2.05.